The van der Waals surface area contributed by atoms with E-state index in [0.717, 1.165) is 0 Å². The van der Waals surface area contributed by atoms with Crippen molar-refractivity contribution < 1.29 is 4.39 Å². The molecule has 1 N–H and O–H groups in total. The van der Waals surface area contributed by atoms with Gasteiger partial charge < -0.3 is 5.32 Å². The second-order valence-electron chi connectivity index (χ2n) is 4.03. The van der Waals surface area contributed by atoms with Crippen LogP contribution >= 0.6 is 11.6 Å². The first kappa shape index (κ1) is 13.0. The first-order valence-electron chi connectivity index (χ1n) is 5.56. The van der Waals surface area contributed by atoms with Crippen LogP contribution in [-0.4, -0.2) is 21.8 Å². The molecule has 96 valence electrons. The van der Waals surface area contributed by atoms with Crippen LogP contribution in [0.3, 0.4) is 0 Å². The van der Waals surface area contributed by atoms with Gasteiger partial charge in [0.25, 0.3) is 0 Å². The van der Waals surface area contributed by atoms with Crippen LogP contribution in [0.2, 0.25) is 5.02 Å². The van der Waals surface area contributed by atoms with Gasteiger partial charge in [-0.15, -0.1) is 0 Å². The van der Waals surface area contributed by atoms with Gasteiger partial charge in [0.2, 0.25) is 0 Å². The SMILES string of the molecule is CNCc1ccnc(-n2nc(C)c(Cl)c2C)c1F. The Kier molecular flexibility index (Phi) is 3.63. The number of nitrogens with one attached hydrogen (secondary N) is 1. The van der Waals surface area contributed by atoms with Crippen molar-refractivity contribution in [1.82, 2.24) is 20.1 Å². The van der Waals surface area contributed by atoms with Gasteiger partial charge in [-0.2, -0.15) is 5.10 Å². The van der Waals surface area contributed by atoms with Crippen molar-refractivity contribution in [3.8, 4) is 5.82 Å². The highest BCUT2D eigenvalue weighted by Crippen LogP contribution is 2.23. The molecule has 0 radical (unpaired) electrons. The number of hydrogen-bond donors (Lipinski definition) is 1. The van der Waals surface area contributed by atoms with E-state index in [1.165, 1.54) is 4.68 Å². The fraction of sp³-hybridized carbons (Fsp3) is 0.333. The second kappa shape index (κ2) is 5.04. The summed E-state index contributed by atoms with van der Waals surface area (Å²) in [6, 6.07) is 1.64. The monoisotopic (exact) mass is 268 g/mol. The molecule has 0 aromatic carbocycles. The molecule has 0 fully saturated rings. The number of hydrogen-bond acceptors (Lipinski definition) is 3. The number of rotatable bonds is 3. The van der Waals surface area contributed by atoms with Crippen LogP contribution in [0, 0.1) is 19.7 Å². The van der Waals surface area contributed by atoms with E-state index in [2.05, 4.69) is 15.4 Å². The fourth-order valence-electron chi connectivity index (χ4n) is 1.78. The Morgan fingerprint density at radius 2 is 2.17 bits per heavy atom. The van der Waals surface area contributed by atoms with Crippen molar-refractivity contribution in [3.05, 3.63) is 40.1 Å². The zero-order valence-corrected chi connectivity index (χ0v) is 11.2. The maximum absolute atomic E-state index is 14.3. The lowest BCUT2D eigenvalue weighted by Gasteiger charge is -2.08. The van der Waals surface area contributed by atoms with E-state index in [1.807, 2.05) is 0 Å². The normalized spacial score (nSPS) is 10.9. The molecule has 0 aliphatic carbocycles. The minimum Gasteiger partial charge on any atom is -0.316 e. The number of aryl methyl sites for hydroxylation is 1. The number of aromatic nitrogens is 3. The molecule has 0 amide bonds. The summed E-state index contributed by atoms with van der Waals surface area (Å²) >= 11 is 6.06. The molecule has 0 saturated carbocycles. The van der Waals surface area contributed by atoms with Gasteiger partial charge in [0.05, 0.1) is 16.4 Å². The molecule has 0 unspecified atom stereocenters. The molecule has 0 spiro atoms. The highest BCUT2D eigenvalue weighted by molar-refractivity contribution is 6.31. The van der Waals surface area contributed by atoms with E-state index in [-0.39, 0.29) is 11.6 Å². The molecule has 2 rings (SSSR count). The van der Waals surface area contributed by atoms with E-state index in [9.17, 15) is 4.39 Å². The fourth-order valence-corrected chi connectivity index (χ4v) is 1.89. The maximum atomic E-state index is 14.3. The zero-order valence-electron chi connectivity index (χ0n) is 10.5. The van der Waals surface area contributed by atoms with Gasteiger partial charge in [-0.3, -0.25) is 0 Å². The van der Waals surface area contributed by atoms with Crippen LogP contribution in [0.15, 0.2) is 12.3 Å². The van der Waals surface area contributed by atoms with Crippen molar-refractivity contribution >= 4 is 11.6 Å². The van der Waals surface area contributed by atoms with Gasteiger partial charge in [0.1, 0.15) is 0 Å². The predicted molar refractivity (Wildman–Crippen MR) is 68.6 cm³/mol. The van der Waals surface area contributed by atoms with E-state index in [0.29, 0.717) is 28.5 Å². The van der Waals surface area contributed by atoms with Crippen LogP contribution in [0.1, 0.15) is 17.0 Å². The Morgan fingerprint density at radius 1 is 1.44 bits per heavy atom. The average Bonchev–Trinajstić information content (AvgIpc) is 2.60. The number of nitrogens with zero attached hydrogens (tertiary/aromatic N) is 3. The second-order valence-corrected chi connectivity index (χ2v) is 4.41. The highest BCUT2D eigenvalue weighted by atomic mass is 35.5. The molecule has 0 atom stereocenters. The number of pyridine rings is 1. The number of halogens is 2. The summed E-state index contributed by atoms with van der Waals surface area (Å²) in [4.78, 5) is 4.05. The predicted octanol–water partition coefficient (Wildman–Crippen LogP) is 2.40. The Hall–Kier alpha value is -1.46. The minimum absolute atomic E-state index is 0.176. The summed E-state index contributed by atoms with van der Waals surface area (Å²) in [5.41, 5.74) is 1.89. The minimum atomic E-state index is -0.380. The lowest BCUT2D eigenvalue weighted by molar-refractivity contribution is 0.574. The van der Waals surface area contributed by atoms with Gasteiger partial charge in [0, 0.05) is 18.3 Å². The molecule has 0 saturated heterocycles. The van der Waals surface area contributed by atoms with Gasteiger partial charge >= 0.3 is 0 Å². The van der Waals surface area contributed by atoms with Gasteiger partial charge in [-0.05, 0) is 27.0 Å². The van der Waals surface area contributed by atoms with E-state index < -0.39 is 0 Å². The Bertz CT molecular complexity index is 580. The van der Waals surface area contributed by atoms with Gasteiger partial charge in [-0.25, -0.2) is 14.1 Å². The molecule has 0 aliphatic rings. The maximum Gasteiger partial charge on any atom is 0.190 e. The van der Waals surface area contributed by atoms with Crippen molar-refractivity contribution in [1.29, 1.82) is 0 Å². The third-order valence-electron chi connectivity index (χ3n) is 2.72. The lowest BCUT2D eigenvalue weighted by atomic mass is 10.2. The van der Waals surface area contributed by atoms with Crippen molar-refractivity contribution in [2.24, 2.45) is 0 Å². The third-order valence-corrected chi connectivity index (χ3v) is 3.27. The Morgan fingerprint density at radius 3 is 2.72 bits per heavy atom. The van der Waals surface area contributed by atoms with Crippen LogP contribution in [0.5, 0.6) is 0 Å². The van der Waals surface area contributed by atoms with Crippen LogP contribution in [0.25, 0.3) is 5.82 Å². The lowest BCUT2D eigenvalue weighted by Crippen LogP contribution is -2.11. The van der Waals surface area contributed by atoms with Crippen LogP contribution < -0.4 is 5.32 Å². The van der Waals surface area contributed by atoms with Crippen molar-refractivity contribution in [2.45, 2.75) is 20.4 Å². The first-order chi connectivity index (χ1) is 8.56. The van der Waals surface area contributed by atoms with Crippen molar-refractivity contribution in [2.75, 3.05) is 7.05 Å². The zero-order chi connectivity index (χ0) is 13.3. The quantitative estimate of drug-likeness (QED) is 0.930. The molecule has 18 heavy (non-hydrogen) atoms. The molecule has 0 bridgehead atoms. The van der Waals surface area contributed by atoms with E-state index >= 15 is 0 Å². The van der Waals surface area contributed by atoms with Gasteiger partial charge in [0.15, 0.2) is 11.6 Å². The molecule has 0 aliphatic heterocycles. The van der Waals surface area contributed by atoms with E-state index in [1.54, 1.807) is 33.2 Å². The van der Waals surface area contributed by atoms with E-state index in [4.69, 9.17) is 11.6 Å². The largest absolute Gasteiger partial charge is 0.316 e. The Balaban J connectivity index is 2.57. The first-order valence-corrected chi connectivity index (χ1v) is 5.94. The molecule has 2 aromatic rings. The smallest absolute Gasteiger partial charge is 0.190 e. The summed E-state index contributed by atoms with van der Waals surface area (Å²) in [5, 5.41) is 7.65. The summed E-state index contributed by atoms with van der Waals surface area (Å²) in [6.45, 7) is 4.00. The third kappa shape index (κ3) is 2.11. The summed E-state index contributed by atoms with van der Waals surface area (Å²) in [6.07, 6.45) is 1.56. The van der Waals surface area contributed by atoms with Gasteiger partial charge in [-0.1, -0.05) is 11.6 Å². The molecular weight excluding hydrogens is 255 g/mol. The standard InChI is InChI=1S/C12H14ClFN4/c1-7-10(13)8(2)18(17-7)12-11(14)9(6-15-3)4-5-16-12/h4-5,15H,6H2,1-3H3. The molecule has 2 heterocycles. The summed E-state index contributed by atoms with van der Waals surface area (Å²) in [7, 11) is 1.76. The topological polar surface area (TPSA) is 42.7 Å². The highest BCUT2D eigenvalue weighted by Gasteiger charge is 2.16. The Labute approximate surface area is 110 Å². The molecule has 4 nitrogen and oxygen atoms in total. The van der Waals surface area contributed by atoms with Crippen LogP contribution in [0.4, 0.5) is 4.39 Å². The van der Waals surface area contributed by atoms with Crippen LogP contribution in [-0.2, 0) is 6.54 Å². The summed E-state index contributed by atoms with van der Waals surface area (Å²) in [5.74, 6) is -0.204. The summed E-state index contributed by atoms with van der Waals surface area (Å²) < 4.78 is 15.7. The average molecular weight is 269 g/mol. The molecule has 2 aromatic heterocycles. The molecule has 6 heteroatoms. The molecular formula is C12H14ClFN4. The van der Waals surface area contributed by atoms with Crippen molar-refractivity contribution in [3.63, 3.8) is 0 Å².